The number of urea groups is 1. The average molecular weight is 372 g/mol. The molecule has 0 bridgehead atoms. The second kappa shape index (κ2) is 8.24. The number of nitrogens with one attached hydrogen (secondary N) is 1. The Hall–Kier alpha value is -2.83. The van der Waals surface area contributed by atoms with E-state index in [1.165, 1.54) is 10.5 Å². The Bertz CT molecular complexity index is 790. The van der Waals surface area contributed by atoms with Gasteiger partial charge in [0.05, 0.1) is 18.7 Å². The molecule has 7 nitrogen and oxygen atoms in total. The zero-order valence-corrected chi connectivity index (χ0v) is 16.6. The van der Waals surface area contributed by atoms with Crippen LogP contribution in [0.2, 0.25) is 0 Å². The summed E-state index contributed by atoms with van der Waals surface area (Å²) in [6.45, 7) is 8.74. The summed E-state index contributed by atoms with van der Waals surface area (Å²) in [7, 11) is 1.57. The van der Waals surface area contributed by atoms with Gasteiger partial charge < -0.3 is 10.0 Å². The van der Waals surface area contributed by atoms with Crippen molar-refractivity contribution in [2.45, 2.75) is 39.7 Å². The Morgan fingerprint density at radius 2 is 1.85 bits per heavy atom. The molecule has 146 valence electrons. The summed E-state index contributed by atoms with van der Waals surface area (Å²) in [5, 5.41) is 16.0. The van der Waals surface area contributed by atoms with Gasteiger partial charge >= 0.3 is 12.0 Å². The second-order valence-electron chi connectivity index (χ2n) is 7.87. The van der Waals surface area contributed by atoms with Gasteiger partial charge in [-0.15, -0.1) is 0 Å². The lowest BCUT2D eigenvalue weighted by atomic mass is 9.87. The highest BCUT2D eigenvalue weighted by atomic mass is 16.4. The predicted octanol–water partition coefficient (Wildman–Crippen LogP) is 3.41. The quantitative estimate of drug-likeness (QED) is 0.813. The monoisotopic (exact) mass is 372 g/mol. The van der Waals surface area contributed by atoms with Crippen molar-refractivity contribution >= 4 is 17.8 Å². The predicted molar refractivity (Wildman–Crippen MR) is 105 cm³/mol. The number of amides is 2. The van der Waals surface area contributed by atoms with Crippen LogP contribution in [0.5, 0.6) is 0 Å². The van der Waals surface area contributed by atoms with E-state index in [0.29, 0.717) is 12.4 Å². The molecule has 1 aromatic carbocycles. The highest BCUT2D eigenvalue weighted by Crippen LogP contribution is 2.22. The highest BCUT2D eigenvalue weighted by Gasteiger charge is 2.18. The fourth-order valence-electron chi connectivity index (χ4n) is 2.62. The molecule has 0 aliphatic heterocycles. The van der Waals surface area contributed by atoms with Crippen molar-refractivity contribution in [2.75, 3.05) is 18.9 Å². The van der Waals surface area contributed by atoms with Crippen LogP contribution in [-0.2, 0) is 16.8 Å². The summed E-state index contributed by atoms with van der Waals surface area (Å²) in [6, 6.07) is 9.70. The molecule has 1 aromatic heterocycles. The van der Waals surface area contributed by atoms with Crippen LogP contribution in [-0.4, -0.2) is 45.4 Å². The number of hydrogen-bond donors (Lipinski definition) is 2. The van der Waals surface area contributed by atoms with E-state index in [9.17, 15) is 9.59 Å². The number of aromatic nitrogens is 2. The summed E-state index contributed by atoms with van der Waals surface area (Å²) in [5.74, 6) is -1.000. The first kappa shape index (κ1) is 20.5. The maximum Gasteiger partial charge on any atom is 0.322 e. The number of carbonyl (C=O) groups is 2. The Morgan fingerprint density at radius 1 is 1.22 bits per heavy atom. The van der Waals surface area contributed by atoms with Crippen LogP contribution in [0.4, 0.5) is 10.6 Å². The number of carbonyl (C=O) groups excluding carboxylic acids is 1. The summed E-state index contributed by atoms with van der Waals surface area (Å²) < 4.78 is 1.71. The van der Waals surface area contributed by atoms with Gasteiger partial charge in [-0.2, -0.15) is 5.10 Å². The largest absolute Gasteiger partial charge is 0.481 e. The average Bonchev–Trinajstić information content (AvgIpc) is 3.01. The number of carboxylic acid groups (broad SMARTS) is 1. The van der Waals surface area contributed by atoms with Gasteiger partial charge in [-0.1, -0.05) is 52.0 Å². The number of aliphatic carboxylic acids is 1. The van der Waals surface area contributed by atoms with E-state index in [-0.39, 0.29) is 18.0 Å². The van der Waals surface area contributed by atoms with Gasteiger partial charge in [0.2, 0.25) is 0 Å². The minimum Gasteiger partial charge on any atom is -0.481 e. The SMILES string of the molecule is CC(CN(C)C(=O)Nc1ccnn1Cc1ccc(C(C)(C)C)cc1)C(=O)O. The van der Waals surface area contributed by atoms with Crippen LogP contribution in [0.1, 0.15) is 38.8 Å². The maximum atomic E-state index is 12.3. The summed E-state index contributed by atoms with van der Waals surface area (Å²) in [5.41, 5.74) is 2.44. The molecule has 1 unspecified atom stereocenters. The fraction of sp³-hybridized carbons (Fsp3) is 0.450. The normalized spacial score (nSPS) is 12.5. The Kier molecular flexibility index (Phi) is 6.25. The highest BCUT2D eigenvalue weighted by molar-refractivity contribution is 5.88. The number of hydrogen-bond acceptors (Lipinski definition) is 3. The van der Waals surface area contributed by atoms with Gasteiger partial charge in [0.1, 0.15) is 5.82 Å². The van der Waals surface area contributed by atoms with Gasteiger partial charge in [-0.3, -0.25) is 10.1 Å². The van der Waals surface area contributed by atoms with Crippen LogP contribution in [0.3, 0.4) is 0 Å². The molecule has 0 spiro atoms. The van der Waals surface area contributed by atoms with E-state index in [0.717, 1.165) is 5.56 Å². The number of carboxylic acids is 1. The molecular weight excluding hydrogens is 344 g/mol. The van der Waals surface area contributed by atoms with Crippen LogP contribution in [0.15, 0.2) is 36.5 Å². The zero-order chi connectivity index (χ0) is 20.2. The first-order valence-corrected chi connectivity index (χ1v) is 8.94. The summed E-state index contributed by atoms with van der Waals surface area (Å²) >= 11 is 0. The number of nitrogens with zero attached hydrogens (tertiary/aromatic N) is 3. The third-order valence-corrected chi connectivity index (χ3v) is 4.42. The third kappa shape index (κ3) is 5.57. The molecule has 2 aromatic rings. The van der Waals surface area contributed by atoms with E-state index >= 15 is 0 Å². The van der Waals surface area contributed by atoms with Crippen LogP contribution >= 0.6 is 0 Å². The van der Waals surface area contributed by atoms with Gasteiger partial charge in [0.25, 0.3) is 0 Å². The Labute approximate surface area is 160 Å². The second-order valence-corrected chi connectivity index (χ2v) is 7.87. The summed E-state index contributed by atoms with van der Waals surface area (Å²) in [4.78, 5) is 24.6. The maximum absolute atomic E-state index is 12.3. The molecule has 7 heteroatoms. The van der Waals surface area contributed by atoms with Crippen molar-refractivity contribution in [3.63, 3.8) is 0 Å². The van der Waals surface area contributed by atoms with Crippen molar-refractivity contribution in [3.8, 4) is 0 Å². The van der Waals surface area contributed by atoms with Crippen LogP contribution in [0, 0.1) is 5.92 Å². The van der Waals surface area contributed by atoms with E-state index in [2.05, 4.69) is 55.5 Å². The first-order chi connectivity index (χ1) is 12.6. The number of rotatable bonds is 6. The smallest absolute Gasteiger partial charge is 0.322 e. The van der Waals surface area contributed by atoms with E-state index < -0.39 is 11.9 Å². The lowest BCUT2D eigenvalue weighted by molar-refractivity contribution is -0.141. The molecule has 0 radical (unpaired) electrons. The lowest BCUT2D eigenvalue weighted by Gasteiger charge is -2.20. The molecule has 2 rings (SSSR count). The van der Waals surface area contributed by atoms with Gasteiger partial charge in [-0.25, -0.2) is 9.48 Å². The molecule has 0 saturated heterocycles. The molecule has 1 atom stereocenters. The zero-order valence-electron chi connectivity index (χ0n) is 16.6. The standard InChI is InChI=1S/C20H28N4O3/c1-14(18(25)26)12-23(5)19(27)22-17-10-11-21-24(17)13-15-6-8-16(9-7-15)20(2,3)4/h6-11,14H,12-13H2,1-5H3,(H,22,27)(H,25,26). The van der Waals surface area contributed by atoms with Gasteiger partial charge in [0.15, 0.2) is 0 Å². The molecule has 0 fully saturated rings. The molecule has 2 N–H and O–H groups in total. The van der Waals surface area contributed by atoms with Gasteiger partial charge in [-0.05, 0) is 16.5 Å². The molecular formula is C20H28N4O3. The van der Waals surface area contributed by atoms with Crippen LogP contribution < -0.4 is 5.32 Å². The third-order valence-electron chi connectivity index (χ3n) is 4.42. The molecule has 2 amide bonds. The lowest BCUT2D eigenvalue weighted by Crippen LogP contribution is -2.37. The van der Waals surface area contributed by atoms with Crippen molar-refractivity contribution in [2.24, 2.45) is 5.92 Å². The minimum atomic E-state index is -0.932. The molecule has 0 saturated carbocycles. The fourth-order valence-corrected chi connectivity index (χ4v) is 2.62. The van der Waals surface area contributed by atoms with E-state index in [4.69, 9.17) is 5.11 Å². The number of benzene rings is 1. The minimum absolute atomic E-state index is 0.0983. The van der Waals surface area contributed by atoms with Crippen molar-refractivity contribution in [3.05, 3.63) is 47.7 Å². The van der Waals surface area contributed by atoms with E-state index in [1.807, 2.05) is 0 Å². The van der Waals surface area contributed by atoms with Gasteiger partial charge in [0, 0.05) is 19.7 Å². The molecule has 0 aliphatic carbocycles. The number of anilines is 1. The van der Waals surface area contributed by atoms with Crippen molar-refractivity contribution < 1.29 is 14.7 Å². The van der Waals surface area contributed by atoms with Crippen molar-refractivity contribution in [1.82, 2.24) is 14.7 Å². The van der Waals surface area contributed by atoms with E-state index in [1.54, 1.807) is 30.9 Å². The van der Waals surface area contributed by atoms with Crippen molar-refractivity contribution in [1.29, 1.82) is 0 Å². The summed E-state index contributed by atoms with van der Waals surface area (Å²) in [6.07, 6.45) is 1.62. The van der Waals surface area contributed by atoms with Crippen LogP contribution in [0.25, 0.3) is 0 Å². The Balaban J connectivity index is 2.03. The topological polar surface area (TPSA) is 87.5 Å². The molecule has 27 heavy (non-hydrogen) atoms. The first-order valence-electron chi connectivity index (χ1n) is 8.94. The Morgan fingerprint density at radius 3 is 2.41 bits per heavy atom. The molecule has 1 heterocycles. The molecule has 0 aliphatic rings.